The average molecular weight is 482 g/mol. The van der Waals surface area contributed by atoms with E-state index in [0.29, 0.717) is 0 Å². The number of aliphatic carboxylic acids is 7. The van der Waals surface area contributed by atoms with Gasteiger partial charge in [-0.05, 0) is 0 Å². The van der Waals surface area contributed by atoms with Gasteiger partial charge in [0.15, 0.2) is 6.04 Å². The van der Waals surface area contributed by atoms with Crippen LogP contribution in [0.4, 0.5) is 9.59 Å². The molecule has 0 spiro atoms. The summed E-state index contributed by atoms with van der Waals surface area (Å²) in [6.45, 7) is 0. The maximum absolute atomic E-state index is 12.1. The molecule has 0 aliphatic carbocycles. The van der Waals surface area contributed by atoms with Gasteiger partial charge in [0.05, 0.1) is 0 Å². The summed E-state index contributed by atoms with van der Waals surface area (Å²) in [5.74, 6) is -22.8. The van der Waals surface area contributed by atoms with Crippen LogP contribution in [-0.4, -0.2) is 132 Å². The molecule has 0 bridgehead atoms. The fourth-order valence-corrected chi connectivity index (χ4v) is 3.66. The molecule has 0 aromatic rings. The second-order valence-electron chi connectivity index (χ2n) is 6.03. The van der Waals surface area contributed by atoms with Crippen molar-refractivity contribution in [1.82, 2.24) is 9.80 Å². The molecule has 20 heteroatoms. The van der Waals surface area contributed by atoms with Crippen LogP contribution in [0, 0.1) is 0 Å². The van der Waals surface area contributed by atoms with Crippen molar-refractivity contribution in [2.75, 3.05) is 0 Å². The van der Waals surface area contributed by atoms with Crippen LogP contribution in [0.15, 0.2) is 0 Å². The van der Waals surface area contributed by atoms with Gasteiger partial charge in [0.25, 0.3) is 16.6 Å². The second-order valence-corrected chi connectivity index (χ2v) is 6.03. The number of carbonyl (C=O) groups is 9. The van der Waals surface area contributed by atoms with Crippen molar-refractivity contribution in [2.45, 2.75) is 22.7 Å². The highest BCUT2D eigenvalue weighted by Crippen LogP contribution is 2.49. The molecule has 0 aromatic heterocycles. The van der Waals surface area contributed by atoms with Crippen LogP contribution in [0.5, 0.6) is 0 Å². The van der Waals surface area contributed by atoms with E-state index in [0.717, 1.165) is 0 Å². The van der Waals surface area contributed by atoms with E-state index in [2.05, 4.69) is 0 Å². The van der Waals surface area contributed by atoms with E-state index in [1.54, 1.807) is 0 Å². The molecule has 1 fully saturated rings. The van der Waals surface area contributed by atoms with Crippen molar-refractivity contribution >= 4 is 54.0 Å². The zero-order valence-electron chi connectivity index (χ0n) is 15.2. The van der Waals surface area contributed by atoms with Crippen LogP contribution in [-0.2, 0) is 33.6 Å². The van der Waals surface area contributed by atoms with Crippen LogP contribution in [0.3, 0.4) is 0 Å². The summed E-state index contributed by atoms with van der Waals surface area (Å²) in [6.07, 6.45) is -6.40. The molecule has 0 saturated carbocycles. The smallest absolute Gasteiger partial charge is 0.410 e. The molecule has 0 aromatic carbocycles. The van der Waals surface area contributed by atoms with E-state index in [-0.39, 0.29) is 0 Å². The summed E-state index contributed by atoms with van der Waals surface area (Å²) in [7, 11) is 0. The summed E-state index contributed by atoms with van der Waals surface area (Å²) in [4.78, 5) is 104. The molecule has 1 rings (SSSR count). The first-order valence-electron chi connectivity index (χ1n) is 7.55. The van der Waals surface area contributed by atoms with Gasteiger partial charge in [-0.1, -0.05) is 0 Å². The van der Waals surface area contributed by atoms with Gasteiger partial charge >= 0.3 is 54.0 Å². The minimum absolute atomic E-state index is 1.57. The Morgan fingerprint density at radius 2 is 0.818 bits per heavy atom. The lowest BCUT2D eigenvalue weighted by Gasteiger charge is -2.59. The van der Waals surface area contributed by atoms with Gasteiger partial charge in [-0.25, -0.2) is 48.1 Å². The van der Waals surface area contributed by atoms with Gasteiger partial charge in [-0.15, -0.1) is 0 Å². The predicted molar refractivity (Wildman–Crippen MR) is 85.2 cm³/mol. The number of piperazine rings is 1. The lowest BCUT2D eigenvalue weighted by atomic mass is 9.65. The molecule has 1 heterocycles. The third-order valence-corrected chi connectivity index (χ3v) is 4.75. The number of hydrogen-bond donors (Lipinski definition) is 9. The second kappa shape index (κ2) is 7.51. The average Bonchev–Trinajstić information content (AvgIpc) is 2.62. The normalized spacial score (nSPS) is 20.2. The maximum atomic E-state index is 12.1. The molecule has 1 unspecified atom stereocenters. The number of carboxylic acids is 7. The molecule has 33 heavy (non-hydrogen) atoms. The van der Waals surface area contributed by atoms with E-state index in [4.69, 9.17) is 0 Å². The molecule has 1 saturated heterocycles. The Kier molecular flexibility index (Phi) is 5.88. The van der Waals surface area contributed by atoms with Crippen molar-refractivity contribution < 1.29 is 89.1 Å². The van der Waals surface area contributed by atoms with Gasteiger partial charge in [0.2, 0.25) is 0 Å². The van der Waals surface area contributed by atoms with Crippen molar-refractivity contribution in [3.05, 3.63) is 0 Å². The molecular formula is C13H10N2O18. The van der Waals surface area contributed by atoms with Crippen LogP contribution >= 0.6 is 0 Å². The molecule has 1 aliphatic rings. The summed E-state index contributed by atoms with van der Waals surface area (Å²) in [6, 6.07) is -4.06. The number of amides is 2. The minimum Gasteiger partial charge on any atom is -0.480 e. The zero-order chi connectivity index (χ0) is 26.4. The third-order valence-electron chi connectivity index (χ3n) is 4.75. The summed E-state index contributed by atoms with van der Waals surface area (Å²) < 4.78 is 0. The Hall–Kier alpha value is -5.17. The van der Waals surface area contributed by atoms with E-state index in [1.807, 2.05) is 0 Å². The topological polar surface area (TPSA) is 342 Å². The highest BCUT2D eigenvalue weighted by atomic mass is 16.5. The maximum Gasteiger partial charge on any atom is 0.410 e. The number of rotatable bonds is 7. The summed E-state index contributed by atoms with van der Waals surface area (Å²) >= 11 is 0. The summed E-state index contributed by atoms with van der Waals surface area (Å²) in [5, 5.41) is 85.5. The lowest BCUT2D eigenvalue weighted by molar-refractivity contribution is -0.231. The van der Waals surface area contributed by atoms with E-state index >= 15 is 0 Å². The van der Waals surface area contributed by atoms with Crippen LogP contribution in [0.25, 0.3) is 0 Å². The van der Waals surface area contributed by atoms with Crippen LogP contribution in [0.2, 0.25) is 0 Å². The first-order valence-corrected chi connectivity index (χ1v) is 7.55. The third kappa shape index (κ3) is 2.60. The molecule has 1 aliphatic heterocycles. The SMILES string of the molecule is O=C(O)C1N(C(=O)O)C(C(=O)O)(C(=O)O)C(C(=O)O)(C(=O)O)N(C(=O)O)C1(C(=O)O)C(=O)O. The Morgan fingerprint density at radius 3 is 1.00 bits per heavy atom. The molecule has 20 nitrogen and oxygen atoms in total. The number of hydrogen-bond acceptors (Lipinski definition) is 9. The molecule has 0 radical (unpaired) electrons. The Balaban J connectivity index is 4.89. The molecule has 9 N–H and O–H groups in total. The fourth-order valence-electron chi connectivity index (χ4n) is 3.66. The Labute approximate surface area is 176 Å². The van der Waals surface area contributed by atoms with E-state index < -0.39 is 86.4 Å². The standard InChI is InChI=1S/C13H10N2O18/c16-2(17)1-11(3(18)19,4(20)21)15(10(32)33)13(7(26)27,8(28)29)12(5(22)23,6(24)25)14(1)9(30)31/h1H,(H,16,17)(H,18,19)(H,20,21)(H,22,23)(H,24,25)(H,26,27)(H,28,29)(H,30,31)(H,32,33). The van der Waals surface area contributed by atoms with Crippen LogP contribution < -0.4 is 0 Å². The highest BCUT2D eigenvalue weighted by molar-refractivity contribution is 6.26. The Bertz CT molecular complexity index is 984. The van der Waals surface area contributed by atoms with Gasteiger partial charge in [0.1, 0.15) is 0 Å². The van der Waals surface area contributed by atoms with Crippen molar-refractivity contribution in [2.24, 2.45) is 0 Å². The number of carboxylic acid groups (broad SMARTS) is 9. The van der Waals surface area contributed by atoms with Gasteiger partial charge in [-0.2, -0.15) is 0 Å². The lowest BCUT2D eigenvalue weighted by Crippen LogP contribution is -2.96. The highest BCUT2D eigenvalue weighted by Gasteiger charge is 2.90. The fraction of sp³-hybridized carbons (Fsp3) is 0.308. The van der Waals surface area contributed by atoms with E-state index in [9.17, 15) is 89.1 Å². The molecule has 180 valence electrons. The van der Waals surface area contributed by atoms with Crippen molar-refractivity contribution in [3.8, 4) is 0 Å². The van der Waals surface area contributed by atoms with Crippen LogP contribution in [0.1, 0.15) is 0 Å². The first-order chi connectivity index (χ1) is 14.9. The molecular weight excluding hydrogens is 472 g/mol. The molecule has 1 atom stereocenters. The predicted octanol–water partition coefficient (Wildman–Crippen LogP) is -3.86. The number of nitrogens with zero attached hydrogens (tertiary/aromatic N) is 2. The monoisotopic (exact) mass is 482 g/mol. The minimum atomic E-state index is -5.32. The zero-order valence-corrected chi connectivity index (χ0v) is 15.2. The van der Waals surface area contributed by atoms with E-state index in [1.165, 1.54) is 0 Å². The Morgan fingerprint density at radius 1 is 0.485 bits per heavy atom. The quantitative estimate of drug-likeness (QED) is 0.157. The van der Waals surface area contributed by atoms with Crippen molar-refractivity contribution in [3.63, 3.8) is 0 Å². The van der Waals surface area contributed by atoms with Crippen molar-refractivity contribution in [1.29, 1.82) is 0 Å². The van der Waals surface area contributed by atoms with Gasteiger partial charge in [-0.3, -0.25) is 4.90 Å². The first kappa shape index (κ1) is 25.9. The largest absolute Gasteiger partial charge is 0.480 e. The van der Waals surface area contributed by atoms with Gasteiger partial charge < -0.3 is 46.0 Å². The van der Waals surface area contributed by atoms with Gasteiger partial charge in [0, 0.05) is 0 Å². The summed E-state index contributed by atoms with van der Waals surface area (Å²) in [5.41, 5.74) is -15.5. The molecule has 2 amide bonds.